The van der Waals surface area contributed by atoms with Crippen LogP contribution in [0.2, 0.25) is 0 Å². The molecule has 0 aromatic rings. The van der Waals surface area contributed by atoms with Crippen LogP contribution in [-0.4, -0.2) is 62.7 Å². The van der Waals surface area contributed by atoms with Crippen molar-refractivity contribution >= 4 is 35.8 Å². The molecule has 1 saturated carbocycles. The van der Waals surface area contributed by atoms with E-state index >= 15 is 0 Å². The molecule has 1 heterocycles. The SMILES string of the molecule is CCNC(=NCCCOC1CCCC1)N1CCC(CC(=O)NC)CC1.I. The minimum absolute atomic E-state index is 0. The first-order valence-electron chi connectivity index (χ1n) is 10.1. The molecule has 2 fully saturated rings. The highest BCUT2D eigenvalue weighted by Crippen LogP contribution is 2.21. The third-order valence-corrected chi connectivity index (χ3v) is 5.22. The third kappa shape index (κ3) is 8.41. The molecule has 0 unspecified atom stereocenters. The Morgan fingerprint density at radius 3 is 2.50 bits per heavy atom. The highest BCUT2D eigenvalue weighted by Gasteiger charge is 2.23. The number of likely N-dealkylation sites (tertiary alicyclic amines) is 1. The van der Waals surface area contributed by atoms with E-state index in [2.05, 4.69) is 22.5 Å². The van der Waals surface area contributed by atoms with E-state index in [4.69, 9.17) is 9.73 Å². The molecule has 6 nitrogen and oxygen atoms in total. The molecule has 0 aromatic carbocycles. The van der Waals surface area contributed by atoms with Gasteiger partial charge < -0.3 is 20.3 Å². The summed E-state index contributed by atoms with van der Waals surface area (Å²) in [7, 11) is 1.71. The number of hydrogen-bond acceptors (Lipinski definition) is 3. The second-order valence-corrected chi connectivity index (χ2v) is 7.17. The van der Waals surface area contributed by atoms with Crippen molar-refractivity contribution in [3.8, 4) is 0 Å². The normalized spacial score (nSPS) is 19.3. The zero-order valence-corrected chi connectivity index (χ0v) is 18.8. The number of halogens is 1. The molecule has 1 aliphatic heterocycles. The first-order chi connectivity index (χ1) is 12.2. The van der Waals surface area contributed by atoms with Crippen molar-refractivity contribution in [2.75, 3.05) is 39.8 Å². The van der Waals surface area contributed by atoms with Gasteiger partial charge in [-0.25, -0.2) is 0 Å². The van der Waals surface area contributed by atoms with Crippen LogP contribution < -0.4 is 10.6 Å². The van der Waals surface area contributed by atoms with Crippen LogP contribution in [0.4, 0.5) is 0 Å². The largest absolute Gasteiger partial charge is 0.378 e. The lowest BCUT2D eigenvalue weighted by Crippen LogP contribution is -2.46. The summed E-state index contributed by atoms with van der Waals surface area (Å²) in [6.45, 7) is 6.58. The van der Waals surface area contributed by atoms with Gasteiger partial charge in [-0.05, 0) is 44.9 Å². The van der Waals surface area contributed by atoms with Gasteiger partial charge in [0.1, 0.15) is 0 Å². The molecule has 1 aliphatic carbocycles. The lowest BCUT2D eigenvalue weighted by atomic mass is 9.93. The number of nitrogens with zero attached hydrogens (tertiary/aromatic N) is 2. The Kier molecular flexibility index (Phi) is 12.3. The molecule has 152 valence electrons. The van der Waals surface area contributed by atoms with Gasteiger partial charge in [0, 0.05) is 46.3 Å². The molecule has 1 amide bonds. The van der Waals surface area contributed by atoms with Crippen LogP contribution in [-0.2, 0) is 9.53 Å². The van der Waals surface area contributed by atoms with Crippen molar-refractivity contribution in [3.63, 3.8) is 0 Å². The fourth-order valence-electron chi connectivity index (χ4n) is 3.69. The molecule has 0 aromatic heterocycles. The van der Waals surface area contributed by atoms with Gasteiger partial charge in [0.2, 0.25) is 5.91 Å². The van der Waals surface area contributed by atoms with E-state index in [1.807, 2.05) is 0 Å². The molecule has 0 radical (unpaired) electrons. The van der Waals surface area contributed by atoms with Gasteiger partial charge >= 0.3 is 0 Å². The van der Waals surface area contributed by atoms with E-state index in [9.17, 15) is 4.79 Å². The van der Waals surface area contributed by atoms with Gasteiger partial charge in [0.05, 0.1) is 6.10 Å². The van der Waals surface area contributed by atoms with Gasteiger partial charge in [-0.1, -0.05) is 12.8 Å². The Morgan fingerprint density at radius 1 is 1.19 bits per heavy atom. The number of guanidine groups is 1. The van der Waals surface area contributed by atoms with Crippen molar-refractivity contribution < 1.29 is 9.53 Å². The van der Waals surface area contributed by atoms with E-state index in [0.29, 0.717) is 18.4 Å². The number of hydrogen-bond donors (Lipinski definition) is 2. The minimum atomic E-state index is 0. The lowest BCUT2D eigenvalue weighted by molar-refractivity contribution is -0.121. The number of piperidine rings is 1. The molecule has 0 bridgehead atoms. The molecule has 0 spiro atoms. The topological polar surface area (TPSA) is 66.0 Å². The summed E-state index contributed by atoms with van der Waals surface area (Å²) in [4.78, 5) is 18.6. The van der Waals surface area contributed by atoms with Crippen molar-refractivity contribution in [1.82, 2.24) is 15.5 Å². The van der Waals surface area contributed by atoms with Crippen LogP contribution in [0.3, 0.4) is 0 Å². The summed E-state index contributed by atoms with van der Waals surface area (Å²) in [6, 6.07) is 0. The Morgan fingerprint density at radius 2 is 1.88 bits per heavy atom. The molecular formula is C19H37IN4O2. The van der Waals surface area contributed by atoms with Crippen molar-refractivity contribution in [2.24, 2.45) is 10.9 Å². The molecule has 0 atom stereocenters. The lowest BCUT2D eigenvalue weighted by Gasteiger charge is -2.34. The summed E-state index contributed by atoms with van der Waals surface area (Å²) in [5, 5.41) is 6.13. The number of carbonyl (C=O) groups is 1. The number of ether oxygens (including phenoxy) is 1. The van der Waals surface area contributed by atoms with Gasteiger partial charge in [-0.15, -0.1) is 24.0 Å². The van der Waals surface area contributed by atoms with E-state index in [0.717, 1.165) is 58.0 Å². The summed E-state index contributed by atoms with van der Waals surface area (Å²) < 4.78 is 5.91. The van der Waals surface area contributed by atoms with Crippen LogP contribution in [0.15, 0.2) is 4.99 Å². The number of amides is 1. The van der Waals surface area contributed by atoms with Crippen LogP contribution in [0.25, 0.3) is 0 Å². The Bertz CT molecular complexity index is 420. The van der Waals surface area contributed by atoms with Gasteiger partial charge in [0.25, 0.3) is 0 Å². The maximum Gasteiger partial charge on any atom is 0.220 e. The minimum Gasteiger partial charge on any atom is -0.378 e. The fourth-order valence-corrected chi connectivity index (χ4v) is 3.69. The molecule has 2 aliphatic rings. The number of rotatable bonds is 8. The van der Waals surface area contributed by atoms with Crippen LogP contribution in [0.1, 0.15) is 58.3 Å². The smallest absolute Gasteiger partial charge is 0.220 e. The third-order valence-electron chi connectivity index (χ3n) is 5.22. The quantitative estimate of drug-likeness (QED) is 0.243. The predicted molar refractivity (Wildman–Crippen MR) is 117 cm³/mol. The summed E-state index contributed by atoms with van der Waals surface area (Å²) in [6.07, 6.45) is 9.36. The predicted octanol–water partition coefficient (Wildman–Crippen LogP) is 2.77. The number of nitrogens with one attached hydrogen (secondary N) is 2. The van der Waals surface area contributed by atoms with Crippen LogP contribution in [0, 0.1) is 5.92 Å². The summed E-state index contributed by atoms with van der Waals surface area (Å²) in [5.74, 6) is 1.67. The van der Waals surface area contributed by atoms with Gasteiger partial charge in [-0.2, -0.15) is 0 Å². The average Bonchev–Trinajstić information content (AvgIpc) is 3.14. The van der Waals surface area contributed by atoms with Gasteiger partial charge in [0.15, 0.2) is 5.96 Å². The van der Waals surface area contributed by atoms with E-state index in [1.165, 1.54) is 25.7 Å². The number of aliphatic imine (C=N–C) groups is 1. The molecular weight excluding hydrogens is 443 g/mol. The highest BCUT2D eigenvalue weighted by atomic mass is 127. The van der Waals surface area contributed by atoms with Crippen molar-refractivity contribution in [3.05, 3.63) is 0 Å². The van der Waals surface area contributed by atoms with Crippen molar-refractivity contribution in [1.29, 1.82) is 0 Å². The standard InChI is InChI=1S/C19H36N4O2.HI/c1-3-21-19(22-11-6-14-25-17-7-4-5-8-17)23-12-9-16(10-13-23)15-18(24)20-2;/h16-17H,3-15H2,1-2H3,(H,20,24)(H,21,22);1H. The van der Waals surface area contributed by atoms with E-state index in [1.54, 1.807) is 7.05 Å². The van der Waals surface area contributed by atoms with Crippen LogP contribution in [0.5, 0.6) is 0 Å². The highest BCUT2D eigenvalue weighted by molar-refractivity contribution is 14.0. The summed E-state index contributed by atoms with van der Waals surface area (Å²) >= 11 is 0. The maximum absolute atomic E-state index is 11.5. The zero-order chi connectivity index (χ0) is 17.9. The Hall–Kier alpha value is -0.570. The van der Waals surface area contributed by atoms with E-state index < -0.39 is 0 Å². The van der Waals surface area contributed by atoms with E-state index in [-0.39, 0.29) is 29.9 Å². The second-order valence-electron chi connectivity index (χ2n) is 7.17. The van der Waals surface area contributed by atoms with Crippen molar-refractivity contribution in [2.45, 2.75) is 64.4 Å². The Labute approximate surface area is 175 Å². The number of carbonyl (C=O) groups excluding carboxylic acids is 1. The van der Waals surface area contributed by atoms with Gasteiger partial charge in [-0.3, -0.25) is 9.79 Å². The Balaban J connectivity index is 0.00000338. The monoisotopic (exact) mass is 480 g/mol. The molecule has 2 rings (SSSR count). The summed E-state index contributed by atoms with van der Waals surface area (Å²) in [5.41, 5.74) is 0. The first kappa shape index (κ1) is 23.5. The fraction of sp³-hybridized carbons (Fsp3) is 0.895. The molecule has 2 N–H and O–H groups in total. The maximum atomic E-state index is 11.5. The zero-order valence-electron chi connectivity index (χ0n) is 16.5. The first-order valence-corrected chi connectivity index (χ1v) is 10.1. The van der Waals surface area contributed by atoms with Crippen LogP contribution >= 0.6 is 24.0 Å². The molecule has 7 heteroatoms. The molecule has 1 saturated heterocycles. The molecule has 26 heavy (non-hydrogen) atoms. The second kappa shape index (κ2) is 13.6. The average molecular weight is 480 g/mol.